The largest absolute Gasteiger partial charge is 0.204 e. The lowest BCUT2D eigenvalue weighted by Gasteiger charge is -1.95. The molecule has 0 spiro atoms. The third kappa shape index (κ3) is 1.83. The lowest BCUT2D eigenvalue weighted by atomic mass is 10.2. The third-order valence-electron chi connectivity index (χ3n) is 1.30. The van der Waals surface area contributed by atoms with Crippen LogP contribution in [0.2, 0.25) is 0 Å². The monoisotopic (exact) mass is 138 g/mol. The van der Waals surface area contributed by atoms with E-state index in [-0.39, 0.29) is 0 Å². The lowest BCUT2D eigenvalue weighted by Crippen LogP contribution is -2.75. The Morgan fingerprint density at radius 3 is 2.80 bits per heavy atom. The second-order valence-electron chi connectivity index (χ2n) is 2.27. The van der Waals surface area contributed by atoms with Crippen LogP contribution in [-0.2, 0) is 4.84 Å². The molecule has 0 unspecified atom stereocenters. The van der Waals surface area contributed by atoms with Crippen LogP contribution in [0.4, 0.5) is 5.69 Å². The number of quaternary nitrogens is 1. The van der Waals surface area contributed by atoms with Gasteiger partial charge in [0.1, 0.15) is 0 Å². The molecule has 0 heterocycles. The van der Waals surface area contributed by atoms with E-state index in [9.17, 15) is 0 Å². The van der Waals surface area contributed by atoms with Crippen LogP contribution in [0.1, 0.15) is 5.56 Å². The highest BCUT2D eigenvalue weighted by Crippen LogP contribution is 2.02. The zero-order valence-electron chi connectivity index (χ0n) is 6.29. The Balaban J connectivity index is 2.75. The lowest BCUT2D eigenvalue weighted by molar-refractivity contribution is -0.830. The molecule has 1 rings (SSSR count). The van der Waals surface area contributed by atoms with Crippen LogP contribution < -0.4 is 5.48 Å². The highest BCUT2D eigenvalue weighted by Gasteiger charge is 1.93. The maximum Gasteiger partial charge on any atom is 0.162 e. The molecule has 0 atom stereocenters. The van der Waals surface area contributed by atoms with Gasteiger partial charge in [-0.15, -0.1) is 0 Å². The fraction of sp³-hybridized carbons (Fsp3) is 0.250. The number of rotatable bonds is 2. The van der Waals surface area contributed by atoms with Crippen molar-refractivity contribution < 1.29 is 10.3 Å². The molecular formula is C8H12NO+. The minimum Gasteiger partial charge on any atom is -0.204 e. The smallest absolute Gasteiger partial charge is 0.162 e. The first-order valence-electron chi connectivity index (χ1n) is 3.25. The van der Waals surface area contributed by atoms with Crippen LogP contribution >= 0.6 is 0 Å². The average molecular weight is 138 g/mol. The van der Waals surface area contributed by atoms with E-state index >= 15 is 0 Å². The average Bonchev–Trinajstić information content (AvgIpc) is 1.88. The first-order chi connectivity index (χ1) is 4.83. The van der Waals surface area contributed by atoms with Crippen molar-refractivity contribution in [2.45, 2.75) is 6.92 Å². The van der Waals surface area contributed by atoms with Gasteiger partial charge in [0.15, 0.2) is 5.69 Å². The SMILES string of the molecule is CO[NH2+]c1cccc(C)c1. The van der Waals surface area contributed by atoms with E-state index in [2.05, 4.69) is 19.1 Å². The number of aryl methyl sites for hydroxylation is 1. The minimum absolute atomic E-state index is 1.11. The summed E-state index contributed by atoms with van der Waals surface area (Å²) in [7, 11) is 1.66. The van der Waals surface area contributed by atoms with E-state index in [0.717, 1.165) is 5.69 Å². The van der Waals surface area contributed by atoms with Gasteiger partial charge in [0, 0.05) is 12.1 Å². The summed E-state index contributed by atoms with van der Waals surface area (Å²) in [6, 6.07) is 8.16. The zero-order chi connectivity index (χ0) is 7.40. The second kappa shape index (κ2) is 3.34. The second-order valence-corrected chi connectivity index (χ2v) is 2.27. The molecule has 0 aliphatic carbocycles. The molecule has 1 aromatic carbocycles. The summed E-state index contributed by atoms with van der Waals surface area (Å²) in [5, 5.41) is 0. The summed E-state index contributed by atoms with van der Waals surface area (Å²) in [6.07, 6.45) is 0. The summed E-state index contributed by atoms with van der Waals surface area (Å²) < 4.78 is 0. The summed E-state index contributed by atoms with van der Waals surface area (Å²) in [6.45, 7) is 2.06. The van der Waals surface area contributed by atoms with E-state index < -0.39 is 0 Å². The fourth-order valence-corrected chi connectivity index (χ4v) is 0.880. The maximum atomic E-state index is 4.86. The topological polar surface area (TPSA) is 25.8 Å². The van der Waals surface area contributed by atoms with E-state index in [1.165, 1.54) is 5.56 Å². The molecule has 54 valence electrons. The Labute approximate surface area is 60.8 Å². The van der Waals surface area contributed by atoms with Crippen molar-refractivity contribution in [1.82, 2.24) is 0 Å². The molecule has 0 aromatic heterocycles. The summed E-state index contributed by atoms with van der Waals surface area (Å²) >= 11 is 0. The predicted molar refractivity (Wildman–Crippen MR) is 39.8 cm³/mol. The van der Waals surface area contributed by atoms with Crippen LogP contribution in [0.15, 0.2) is 24.3 Å². The van der Waals surface area contributed by atoms with E-state index in [1.54, 1.807) is 12.6 Å². The van der Waals surface area contributed by atoms with Crippen molar-refractivity contribution in [2.75, 3.05) is 7.11 Å². The van der Waals surface area contributed by atoms with Gasteiger partial charge in [0.25, 0.3) is 0 Å². The molecule has 0 aliphatic heterocycles. The standard InChI is InChI=1S/C8H11NO/c1-7-4-3-5-8(6-7)9-10-2/h3-6,9H,1-2H3/p+1. The third-order valence-corrected chi connectivity index (χ3v) is 1.30. The van der Waals surface area contributed by atoms with Crippen molar-refractivity contribution in [3.8, 4) is 0 Å². The van der Waals surface area contributed by atoms with Gasteiger partial charge < -0.3 is 0 Å². The molecule has 0 saturated heterocycles. The number of hydrogen-bond donors (Lipinski definition) is 1. The molecule has 2 N–H and O–H groups in total. The summed E-state index contributed by atoms with van der Waals surface area (Å²) in [4.78, 5) is 4.86. The molecule has 0 aliphatic rings. The van der Waals surface area contributed by atoms with Gasteiger partial charge in [-0.2, -0.15) is 5.48 Å². The van der Waals surface area contributed by atoms with Gasteiger partial charge in [-0.25, -0.2) is 4.84 Å². The van der Waals surface area contributed by atoms with Gasteiger partial charge in [0.2, 0.25) is 0 Å². The van der Waals surface area contributed by atoms with Crippen molar-refractivity contribution in [3.05, 3.63) is 29.8 Å². The van der Waals surface area contributed by atoms with Gasteiger partial charge >= 0.3 is 0 Å². The summed E-state index contributed by atoms with van der Waals surface area (Å²) in [5.74, 6) is 0. The van der Waals surface area contributed by atoms with E-state index in [4.69, 9.17) is 4.84 Å². The van der Waals surface area contributed by atoms with Crippen LogP contribution in [0, 0.1) is 6.92 Å². The zero-order valence-corrected chi connectivity index (χ0v) is 6.29. The van der Waals surface area contributed by atoms with Crippen molar-refractivity contribution in [1.29, 1.82) is 0 Å². The molecule has 1 aromatic rings. The predicted octanol–water partition coefficient (Wildman–Crippen LogP) is 0.751. The Kier molecular flexibility index (Phi) is 2.42. The Hall–Kier alpha value is -0.860. The Morgan fingerprint density at radius 1 is 1.40 bits per heavy atom. The molecule has 0 saturated carbocycles. The highest BCUT2D eigenvalue weighted by molar-refractivity contribution is 5.31. The number of hydrogen-bond acceptors (Lipinski definition) is 1. The molecule has 0 bridgehead atoms. The van der Waals surface area contributed by atoms with Gasteiger partial charge in [-0.05, 0) is 12.5 Å². The van der Waals surface area contributed by atoms with Crippen molar-refractivity contribution in [2.24, 2.45) is 0 Å². The van der Waals surface area contributed by atoms with Crippen LogP contribution in [0.25, 0.3) is 0 Å². The quantitative estimate of drug-likeness (QED) is 0.473. The molecule has 0 fully saturated rings. The van der Waals surface area contributed by atoms with Crippen molar-refractivity contribution >= 4 is 5.69 Å². The van der Waals surface area contributed by atoms with Crippen LogP contribution in [0.5, 0.6) is 0 Å². The molecular weight excluding hydrogens is 126 g/mol. The minimum atomic E-state index is 1.11. The first kappa shape index (κ1) is 7.25. The van der Waals surface area contributed by atoms with Gasteiger partial charge in [0.05, 0.1) is 7.11 Å². The number of nitrogens with two attached hydrogens (primary N) is 1. The van der Waals surface area contributed by atoms with Crippen molar-refractivity contribution in [3.63, 3.8) is 0 Å². The van der Waals surface area contributed by atoms with Crippen LogP contribution in [-0.4, -0.2) is 7.11 Å². The normalized spacial score (nSPS) is 9.80. The molecule has 2 heteroatoms. The first-order valence-corrected chi connectivity index (χ1v) is 3.25. The molecule has 0 amide bonds. The fourth-order valence-electron chi connectivity index (χ4n) is 0.880. The van der Waals surface area contributed by atoms with Gasteiger partial charge in [-0.1, -0.05) is 12.1 Å². The molecule has 2 nitrogen and oxygen atoms in total. The van der Waals surface area contributed by atoms with Gasteiger partial charge in [-0.3, -0.25) is 0 Å². The summed E-state index contributed by atoms with van der Waals surface area (Å²) in [5.41, 5.74) is 4.10. The number of benzene rings is 1. The van der Waals surface area contributed by atoms with E-state index in [0.29, 0.717) is 0 Å². The molecule has 10 heavy (non-hydrogen) atoms. The molecule has 0 radical (unpaired) electrons. The highest BCUT2D eigenvalue weighted by atomic mass is 16.6. The van der Waals surface area contributed by atoms with E-state index in [1.807, 2.05) is 12.1 Å². The maximum absolute atomic E-state index is 4.86. The Morgan fingerprint density at radius 2 is 2.20 bits per heavy atom. The Bertz CT molecular complexity index is 210. The van der Waals surface area contributed by atoms with Crippen LogP contribution in [0.3, 0.4) is 0 Å².